The Bertz CT molecular complexity index is 1610. The van der Waals surface area contributed by atoms with Gasteiger partial charge in [-0.1, -0.05) is 47.7 Å². The minimum absolute atomic E-state index is 0.158. The molecular weight excluding hydrogens is 526 g/mol. The van der Waals surface area contributed by atoms with Crippen LogP contribution in [0, 0.1) is 13.8 Å². The van der Waals surface area contributed by atoms with Crippen molar-refractivity contribution in [2.45, 2.75) is 37.7 Å². The van der Waals surface area contributed by atoms with Gasteiger partial charge in [-0.2, -0.15) is 4.98 Å². The van der Waals surface area contributed by atoms with Crippen molar-refractivity contribution in [2.24, 2.45) is 0 Å². The number of amides is 1. The molecule has 2 heterocycles. The lowest BCUT2D eigenvalue weighted by Gasteiger charge is -2.28. The molecule has 0 bridgehead atoms. The van der Waals surface area contributed by atoms with Crippen LogP contribution < -0.4 is 15.4 Å². The topological polar surface area (TPSA) is 118 Å². The van der Waals surface area contributed by atoms with Crippen LogP contribution in [-0.4, -0.2) is 38.9 Å². The van der Waals surface area contributed by atoms with Gasteiger partial charge >= 0.3 is 5.97 Å². The molecular formula is C30H29N5O4S. The summed E-state index contributed by atoms with van der Waals surface area (Å²) in [6, 6.07) is 19.3. The van der Waals surface area contributed by atoms with Crippen molar-refractivity contribution >= 4 is 35.3 Å². The average molecular weight is 556 g/mol. The maximum absolute atomic E-state index is 13.7. The van der Waals surface area contributed by atoms with E-state index in [9.17, 15) is 14.7 Å². The quantitative estimate of drug-likeness (QED) is 0.233. The standard InChI is InChI=1S/C30H29N5O4S/c1-17-5-6-22(18(2)15-17)16-40-30-33-29-31-19(3)25(27(36)32-23-11-13-24(39-4)14-12-23)26(35(29)34-30)20-7-9-21(10-8-20)28(37)38/h5-15,26H,16H2,1-4H3,(H,32,36)(H,37,38)(H,31,33,34)/t26-/m0/s1. The second-order valence-corrected chi connectivity index (χ2v) is 10.5. The fourth-order valence-electron chi connectivity index (χ4n) is 4.63. The molecule has 1 aromatic heterocycles. The van der Waals surface area contributed by atoms with E-state index >= 15 is 0 Å². The van der Waals surface area contributed by atoms with E-state index in [1.165, 1.54) is 40.6 Å². The molecule has 0 spiro atoms. The van der Waals surface area contributed by atoms with Gasteiger partial charge in [-0.25, -0.2) is 9.48 Å². The Labute approximate surface area is 236 Å². The molecule has 204 valence electrons. The Hall–Kier alpha value is -4.57. The molecule has 0 aliphatic carbocycles. The van der Waals surface area contributed by atoms with Gasteiger partial charge in [0, 0.05) is 17.1 Å². The fraction of sp³-hybridized carbons (Fsp3) is 0.200. The number of fused-ring (bicyclic) bond motifs is 1. The molecule has 0 saturated heterocycles. The number of carboxylic acids is 1. The van der Waals surface area contributed by atoms with Crippen LogP contribution in [0.4, 0.5) is 11.6 Å². The summed E-state index contributed by atoms with van der Waals surface area (Å²) in [5.41, 5.74) is 6.18. The summed E-state index contributed by atoms with van der Waals surface area (Å²) in [5.74, 6) is 0.557. The predicted molar refractivity (Wildman–Crippen MR) is 155 cm³/mol. The van der Waals surface area contributed by atoms with Gasteiger partial charge in [0.05, 0.1) is 18.2 Å². The number of hydrogen-bond acceptors (Lipinski definition) is 7. The molecule has 3 aromatic carbocycles. The number of carboxylic acid groups (broad SMARTS) is 1. The van der Waals surface area contributed by atoms with E-state index in [-0.39, 0.29) is 11.5 Å². The van der Waals surface area contributed by atoms with Gasteiger partial charge in [-0.05, 0) is 73.9 Å². The average Bonchev–Trinajstić information content (AvgIpc) is 3.34. The highest BCUT2D eigenvalue weighted by molar-refractivity contribution is 7.98. The summed E-state index contributed by atoms with van der Waals surface area (Å²) in [6.45, 7) is 5.98. The molecule has 1 aliphatic heterocycles. The first kappa shape index (κ1) is 27.0. The molecule has 0 saturated carbocycles. The Morgan fingerprint density at radius 3 is 2.42 bits per heavy atom. The maximum Gasteiger partial charge on any atom is 0.335 e. The number of allylic oxidation sites excluding steroid dienone is 1. The first-order valence-corrected chi connectivity index (χ1v) is 13.6. The normalized spacial score (nSPS) is 14.3. The summed E-state index contributed by atoms with van der Waals surface area (Å²) in [4.78, 5) is 29.9. The zero-order valence-corrected chi connectivity index (χ0v) is 23.4. The van der Waals surface area contributed by atoms with Crippen molar-refractivity contribution in [2.75, 3.05) is 17.7 Å². The Balaban J connectivity index is 1.48. The smallest absolute Gasteiger partial charge is 0.335 e. The third-order valence-electron chi connectivity index (χ3n) is 6.75. The maximum atomic E-state index is 13.7. The largest absolute Gasteiger partial charge is 0.497 e. The van der Waals surface area contributed by atoms with E-state index in [4.69, 9.17) is 14.8 Å². The minimum Gasteiger partial charge on any atom is -0.497 e. The van der Waals surface area contributed by atoms with Gasteiger partial charge in [0.25, 0.3) is 5.91 Å². The van der Waals surface area contributed by atoms with Crippen LogP contribution in [0.1, 0.15) is 45.6 Å². The third-order valence-corrected chi connectivity index (χ3v) is 7.64. The van der Waals surface area contributed by atoms with Crippen molar-refractivity contribution < 1.29 is 19.4 Å². The van der Waals surface area contributed by atoms with Crippen molar-refractivity contribution in [1.82, 2.24) is 14.8 Å². The second-order valence-electron chi connectivity index (χ2n) is 9.56. The van der Waals surface area contributed by atoms with Gasteiger partial charge in [0.1, 0.15) is 11.8 Å². The zero-order chi connectivity index (χ0) is 28.4. The molecule has 0 radical (unpaired) electrons. The van der Waals surface area contributed by atoms with Crippen LogP contribution in [0.2, 0.25) is 0 Å². The van der Waals surface area contributed by atoms with E-state index in [2.05, 4.69) is 42.7 Å². The SMILES string of the molecule is COc1ccc(NC(=O)C2=C(C)Nc3nc(SCc4ccc(C)cc4C)nn3[C@H]2c2ccc(C(=O)O)cc2)cc1. The number of aromatic nitrogens is 3. The number of carbonyl (C=O) groups is 2. The van der Waals surface area contributed by atoms with Crippen LogP contribution >= 0.6 is 11.8 Å². The highest BCUT2D eigenvalue weighted by Crippen LogP contribution is 2.37. The number of anilines is 2. The first-order chi connectivity index (χ1) is 19.2. The highest BCUT2D eigenvalue weighted by Gasteiger charge is 2.34. The number of hydrogen-bond donors (Lipinski definition) is 3. The fourth-order valence-corrected chi connectivity index (χ4v) is 5.53. The van der Waals surface area contributed by atoms with Gasteiger partial charge in [-0.15, -0.1) is 5.10 Å². The van der Waals surface area contributed by atoms with Gasteiger partial charge < -0.3 is 20.5 Å². The van der Waals surface area contributed by atoms with Crippen molar-refractivity contribution in [3.63, 3.8) is 0 Å². The number of nitrogens with zero attached hydrogens (tertiary/aromatic N) is 3. The van der Waals surface area contributed by atoms with Gasteiger partial charge in [-0.3, -0.25) is 4.79 Å². The number of nitrogens with one attached hydrogen (secondary N) is 2. The number of aromatic carboxylic acids is 1. The number of benzene rings is 3. The van der Waals surface area contributed by atoms with Crippen LogP contribution in [0.3, 0.4) is 0 Å². The molecule has 40 heavy (non-hydrogen) atoms. The molecule has 3 N–H and O–H groups in total. The third kappa shape index (κ3) is 5.57. The van der Waals surface area contributed by atoms with E-state index in [0.717, 1.165) is 0 Å². The number of thioether (sulfide) groups is 1. The number of ether oxygens (including phenoxy) is 1. The molecule has 1 amide bonds. The van der Waals surface area contributed by atoms with Crippen molar-refractivity contribution in [3.8, 4) is 5.75 Å². The molecule has 1 atom stereocenters. The first-order valence-electron chi connectivity index (χ1n) is 12.7. The van der Waals surface area contributed by atoms with E-state index in [1.807, 2.05) is 6.92 Å². The molecule has 1 aliphatic rings. The number of carbonyl (C=O) groups excluding carboxylic acids is 1. The van der Waals surface area contributed by atoms with Crippen molar-refractivity contribution in [1.29, 1.82) is 0 Å². The molecule has 0 unspecified atom stereocenters. The Morgan fingerprint density at radius 1 is 1.05 bits per heavy atom. The molecule has 9 nitrogen and oxygen atoms in total. The van der Waals surface area contributed by atoms with E-state index in [1.54, 1.807) is 48.2 Å². The predicted octanol–water partition coefficient (Wildman–Crippen LogP) is 5.82. The lowest BCUT2D eigenvalue weighted by molar-refractivity contribution is -0.113. The van der Waals surface area contributed by atoms with E-state index < -0.39 is 12.0 Å². The summed E-state index contributed by atoms with van der Waals surface area (Å²) in [7, 11) is 1.58. The summed E-state index contributed by atoms with van der Waals surface area (Å²) in [6.07, 6.45) is 0. The van der Waals surface area contributed by atoms with E-state index in [0.29, 0.717) is 45.1 Å². The van der Waals surface area contributed by atoms with Crippen LogP contribution in [0.15, 0.2) is 83.2 Å². The number of rotatable bonds is 8. The van der Waals surface area contributed by atoms with Crippen LogP contribution in [0.25, 0.3) is 0 Å². The van der Waals surface area contributed by atoms with Crippen LogP contribution in [0.5, 0.6) is 5.75 Å². The number of aryl methyl sites for hydroxylation is 2. The van der Waals surface area contributed by atoms with Gasteiger partial charge in [0.2, 0.25) is 11.1 Å². The highest BCUT2D eigenvalue weighted by atomic mass is 32.2. The Kier molecular flexibility index (Phi) is 7.61. The molecule has 0 fully saturated rings. The van der Waals surface area contributed by atoms with Crippen LogP contribution in [-0.2, 0) is 10.5 Å². The Morgan fingerprint density at radius 2 is 1.77 bits per heavy atom. The molecule has 4 aromatic rings. The monoisotopic (exact) mass is 555 g/mol. The summed E-state index contributed by atoms with van der Waals surface area (Å²) in [5, 5.41) is 21.0. The lowest BCUT2D eigenvalue weighted by Crippen LogP contribution is -2.31. The van der Waals surface area contributed by atoms with Crippen molar-refractivity contribution in [3.05, 3.63) is 106 Å². The molecule has 10 heteroatoms. The lowest BCUT2D eigenvalue weighted by atomic mass is 9.94. The summed E-state index contributed by atoms with van der Waals surface area (Å²) >= 11 is 1.52. The molecule has 5 rings (SSSR count). The van der Waals surface area contributed by atoms with Gasteiger partial charge in [0.15, 0.2) is 0 Å². The summed E-state index contributed by atoms with van der Waals surface area (Å²) < 4.78 is 6.91. The number of methoxy groups -OCH3 is 1. The minimum atomic E-state index is -1.02. The zero-order valence-electron chi connectivity index (χ0n) is 22.6. The second kappa shape index (κ2) is 11.3.